The number of hydrogen-bond donors (Lipinski definition) is 1. The number of hydrogen-bond acceptors (Lipinski definition) is 7. The smallest absolute Gasteiger partial charge is 0.416 e. The Morgan fingerprint density at radius 3 is 2.00 bits per heavy atom. The summed E-state index contributed by atoms with van der Waals surface area (Å²) < 4.78 is 92.4. The number of aromatic hydroxyl groups is 1. The van der Waals surface area contributed by atoms with Gasteiger partial charge in [-0.15, -0.1) is 0 Å². The third kappa shape index (κ3) is 5.62. The fourth-order valence-corrected chi connectivity index (χ4v) is 7.20. The Bertz CT molecular complexity index is 1890. The molecule has 2 amide bonds. The molecule has 14 heteroatoms. The van der Waals surface area contributed by atoms with E-state index >= 15 is 0 Å². The summed E-state index contributed by atoms with van der Waals surface area (Å²) >= 11 is 0. The summed E-state index contributed by atoms with van der Waals surface area (Å²) in [4.78, 5) is 54.9. The van der Waals surface area contributed by atoms with Crippen molar-refractivity contribution in [1.29, 1.82) is 0 Å². The molecule has 4 aliphatic rings. The van der Waals surface area contributed by atoms with Gasteiger partial charge in [-0.3, -0.25) is 19.2 Å². The van der Waals surface area contributed by atoms with Gasteiger partial charge in [-0.25, -0.2) is 4.90 Å². The monoisotopic (exact) mass is 687 g/mol. The van der Waals surface area contributed by atoms with Crippen LogP contribution in [0.1, 0.15) is 36.5 Å². The normalized spacial score (nSPS) is 24.1. The molecule has 2 aromatic rings. The van der Waals surface area contributed by atoms with Gasteiger partial charge in [0.2, 0.25) is 17.6 Å². The molecule has 1 fully saturated rings. The highest BCUT2D eigenvalue weighted by Crippen LogP contribution is 2.54. The Kier molecular flexibility index (Phi) is 8.11. The number of nitrogens with zero attached hydrogens (tertiary/aromatic N) is 1. The van der Waals surface area contributed by atoms with Gasteiger partial charge in [0.25, 0.3) is 0 Å². The van der Waals surface area contributed by atoms with Crippen LogP contribution in [0.4, 0.5) is 32.0 Å². The molecular weight excluding hydrogens is 660 g/mol. The predicted molar refractivity (Wildman–Crippen MR) is 161 cm³/mol. The van der Waals surface area contributed by atoms with Crippen molar-refractivity contribution < 1.29 is 60.1 Å². The number of methoxy groups -OCH3 is 2. The zero-order valence-corrected chi connectivity index (χ0v) is 26.0. The lowest BCUT2D eigenvalue weighted by Gasteiger charge is -2.41. The maximum absolute atomic E-state index is 14.0. The lowest BCUT2D eigenvalue weighted by molar-refractivity contribution is -0.143. The summed E-state index contributed by atoms with van der Waals surface area (Å²) in [5.74, 6) is -7.07. The predicted octanol–water partition coefficient (Wildman–Crippen LogP) is 6.63. The molecule has 0 bridgehead atoms. The largest absolute Gasteiger partial charge is 0.502 e. The van der Waals surface area contributed by atoms with Gasteiger partial charge in [-0.1, -0.05) is 23.8 Å². The molecule has 1 aliphatic heterocycles. The summed E-state index contributed by atoms with van der Waals surface area (Å²) in [6.45, 7) is 1.46. The number of phenols is 1. The van der Waals surface area contributed by atoms with E-state index < -0.39 is 76.2 Å². The molecule has 8 nitrogen and oxygen atoms in total. The summed E-state index contributed by atoms with van der Waals surface area (Å²) in [5.41, 5.74) is -2.83. The Labute approximate surface area is 275 Å². The number of fused-ring (bicyclic) bond motifs is 3. The van der Waals surface area contributed by atoms with E-state index in [-0.39, 0.29) is 52.9 Å². The molecule has 1 heterocycles. The minimum absolute atomic E-state index is 0.0843. The maximum Gasteiger partial charge on any atom is 0.416 e. The van der Waals surface area contributed by atoms with E-state index in [1.54, 1.807) is 18.2 Å². The van der Waals surface area contributed by atoms with Crippen molar-refractivity contribution in [2.75, 3.05) is 19.1 Å². The zero-order valence-electron chi connectivity index (χ0n) is 26.0. The van der Waals surface area contributed by atoms with Crippen LogP contribution in [-0.2, 0) is 31.5 Å². The molecule has 3 aliphatic carbocycles. The zero-order chi connectivity index (χ0) is 35.7. The van der Waals surface area contributed by atoms with Crippen LogP contribution in [0.2, 0.25) is 0 Å². The van der Waals surface area contributed by atoms with E-state index in [9.17, 15) is 50.6 Å². The second-order valence-electron chi connectivity index (χ2n) is 12.2. The summed E-state index contributed by atoms with van der Waals surface area (Å²) in [6, 6.07) is 3.57. The highest BCUT2D eigenvalue weighted by Gasteiger charge is 2.56. The number of amides is 2. The first kappa shape index (κ1) is 33.7. The standard InChI is InChI=1S/C35H27F6NO7/c1-15-8-25(43)28-21(5-4-16-9-26(48-2)31(45)27(10-16)49-3)20-6-7-22-29(23(20)14-24(28)30(15)44)33(47)42(32(22)46)19-12-17(34(36,37)38)11-18(13-19)35(39,40)41/h4-6,8-13,21-23,29,45H,7,14H2,1-3H3/t21-,22-,23+,29-/m0/s1. The molecule has 4 atom stereocenters. The molecule has 2 aromatic carbocycles. The first-order valence-electron chi connectivity index (χ1n) is 15.0. The molecular formula is C35H27F6NO7. The Morgan fingerprint density at radius 1 is 0.857 bits per heavy atom. The van der Waals surface area contributed by atoms with Crippen molar-refractivity contribution in [3.8, 4) is 17.2 Å². The number of carbonyl (C=O) groups excluding carboxylic acids is 4. The van der Waals surface area contributed by atoms with E-state index in [2.05, 4.69) is 0 Å². The van der Waals surface area contributed by atoms with E-state index in [4.69, 9.17) is 9.47 Å². The van der Waals surface area contributed by atoms with Gasteiger partial charge in [-0.2, -0.15) is 26.3 Å². The lowest BCUT2D eigenvalue weighted by Crippen LogP contribution is -2.40. The summed E-state index contributed by atoms with van der Waals surface area (Å²) in [6.07, 6.45) is -4.60. The van der Waals surface area contributed by atoms with E-state index in [1.165, 1.54) is 39.4 Å². The van der Waals surface area contributed by atoms with E-state index in [0.717, 1.165) is 0 Å². The van der Waals surface area contributed by atoms with Gasteiger partial charge >= 0.3 is 12.4 Å². The number of halogens is 6. The second kappa shape index (κ2) is 11.8. The van der Waals surface area contributed by atoms with Crippen molar-refractivity contribution in [3.63, 3.8) is 0 Å². The molecule has 256 valence electrons. The minimum atomic E-state index is -5.21. The highest BCUT2D eigenvalue weighted by atomic mass is 19.4. The maximum atomic E-state index is 14.0. The Hall–Kier alpha value is -5.14. The number of ether oxygens (including phenoxy) is 2. The topological polar surface area (TPSA) is 110 Å². The fourth-order valence-electron chi connectivity index (χ4n) is 7.20. The van der Waals surface area contributed by atoms with Crippen LogP contribution >= 0.6 is 0 Å². The van der Waals surface area contributed by atoms with Crippen LogP contribution in [0.5, 0.6) is 17.2 Å². The molecule has 0 saturated carbocycles. The first-order chi connectivity index (χ1) is 23.0. The van der Waals surface area contributed by atoms with Crippen molar-refractivity contribution in [3.05, 3.63) is 87.5 Å². The van der Waals surface area contributed by atoms with E-state index in [1.807, 2.05) is 0 Å². The van der Waals surface area contributed by atoms with Crippen molar-refractivity contribution in [2.24, 2.45) is 23.7 Å². The molecule has 6 rings (SSSR count). The van der Waals surface area contributed by atoms with Crippen LogP contribution in [0.3, 0.4) is 0 Å². The molecule has 0 radical (unpaired) electrons. The average Bonchev–Trinajstić information content (AvgIpc) is 3.30. The van der Waals surface area contributed by atoms with E-state index in [0.29, 0.717) is 28.2 Å². The van der Waals surface area contributed by atoms with Gasteiger partial charge < -0.3 is 14.6 Å². The number of carbonyl (C=O) groups is 4. The number of allylic oxidation sites excluding steroid dienone is 7. The Morgan fingerprint density at radius 2 is 1.45 bits per heavy atom. The molecule has 0 spiro atoms. The minimum Gasteiger partial charge on any atom is -0.502 e. The fraction of sp³-hybridized carbons (Fsp3) is 0.314. The van der Waals surface area contributed by atoms with Gasteiger partial charge in [0.1, 0.15) is 0 Å². The Balaban J connectivity index is 1.44. The van der Waals surface area contributed by atoms with Crippen molar-refractivity contribution in [2.45, 2.75) is 32.1 Å². The van der Waals surface area contributed by atoms with Gasteiger partial charge in [0.05, 0.1) is 42.9 Å². The average molecular weight is 688 g/mol. The number of phenolic OH excluding ortho intramolecular Hbond substituents is 1. The molecule has 0 unspecified atom stereocenters. The number of alkyl halides is 6. The number of ketones is 2. The number of Topliss-reactive ketones (excluding diaryl/α,β-unsaturated/α-hetero) is 1. The lowest BCUT2D eigenvalue weighted by atomic mass is 9.60. The molecule has 1 N–H and O–H groups in total. The van der Waals surface area contributed by atoms with Crippen LogP contribution in [0.15, 0.2) is 70.9 Å². The summed E-state index contributed by atoms with van der Waals surface area (Å²) in [5, 5.41) is 10.3. The highest BCUT2D eigenvalue weighted by molar-refractivity contribution is 6.24. The third-order valence-electron chi connectivity index (χ3n) is 9.42. The van der Waals surface area contributed by atoms with Crippen LogP contribution in [0.25, 0.3) is 6.08 Å². The van der Waals surface area contributed by atoms with Crippen LogP contribution in [0, 0.1) is 23.7 Å². The number of anilines is 1. The van der Waals surface area contributed by atoms with Crippen LogP contribution in [-0.4, -0.2) is 42.7 Å². The van der Waals surface area contributed by atoms with Crippen LogP contribution < -0.4 is 14.4 Å². The van der Waals surface area contributed by atoms with Crippen molar-refractivity contribution >= 4 is 35.1 Å². The summed E-state index contributed by atoms with van der Waals surface area (Å²) in [7, 11) is 2.67. The molecule has 0 aromatic heterocycles. The van der Waals surface area contributed by atoms with Gasteiger partial charge in [-0.05, 0) is 67.7 Å². The first-order valence-corrected chi connectivity index (χ1v) is 15.0. The molecule has 49 heavy (non-hydrogen) atoms. The number of rotatable bonds is 5. The quantitative estimate of drug-likeness (QED) is 0.163. The molecule has 1 saturated heterocycles. The SMILES string of the molecule is COc1cc(C=C[C@H]2C3=CC[C@@H]4C(=O)N(c5cc(C(F)(F)F)cc(C(F)(F)F)c5)C(=O)[C@@H]4[C@@H]3CC3=C2C(=O)C=C(C)C3=O)cc(OC)c1O. The van der Waals surface area contributed by atoms with Gasteiger partial charge in [0.15, 0.2) is 23.1 Å². The second-order valence-corrected chi connectivity index (χ2v) is 12.2. The van der Waals surface area contributed by atoms with Crippen molar-refractivity contribution in [1.82, 2.24) is 0 Å². The third-order valence-corrected chi connectivity index (χ3v) is 9.42. The van der Waals surface area contributed by atoms with Gasteiger partial charge in [0, 0.05) is 22.6 Å². The number of benzene rings is 2. The number of imide groups is 1.